The van der Waals surface area contributed by atoms with Gasteiger partial charge < -0.3 is 19.4 Å². The number of rotatable bonds is 4. The maximum atomic E-state index is 6.00. The number of hydrogen-bond acceptors (Lipinski definition) is 5. The molecule has 0 amide bonds. The Labute approximate surface area is 114 Å². The lowest BCUT2D eigenvalue weighted by atomic mass is 9.80. The summed E-state index contributed by atoms with van der Waals surface area (Å²) >= 11 is 0. The van der Waals surface area contributed by atoms with E-state index < -0.39 is 0 Å². The second-order valence-corrected chi connectivity index (χ2v) is 5.67. The molecule has 0 saturated carbocycles. The number of pyridine rings is 1. The Hall–Kier alpha value is -1.11. The summed E-state index contributed by atoms with van der Waals surface area (Å²) < 4.78 is 17.0. The Bertz CT molecular complexity index is 435. The predicted molar refractivity (Wildman–Crippen MR) is 75.5 cm³/mol. The van der Waals surface area contributed by atoms with Gasteiger partial charge in [0.05, 0.1) is 11.2 Å². The molecule has 0 atom stereocenters. The molecule has 1 saturated heterocycles. The smallest absolute Gasteiger partial charge is 0.399 e. The van der Waals surface area contributed by atoms with Crippen LogP contribution in [0.1, 0.15) is 27.7 Å². The van der Waals surface area contributed by atoms with Crippen LogP contribution in [0.2, 0.25) is 0 Å². The summed E-state index contributed by atoms with van der Waals surface area (Å²) in [6, 6.07) is 3.82. The van der Waals surface area contributed by atoms with Crippen LogP contribution >= 0.6 is 0 Å². The average Bonchev–Trinajstić information content (AvgIpc) is 2.56. The third-order valence-corrected chi connectivity index (χ3v) is 3.71. The number of methoxy groups -OCH3 is 1. The highest BCUT2D eigenvalue weighted by molar-refractivity contribution is 6.62. The van der Waals surface area contributed by atoms with Gasteiger partial charge >= 0.3 is 7.12 Å². The van der Waals surface area contributed by atoms with E-state index in [9.17, 15) is 0 Å². The van der Waals surface area contributed by atoms with Crippen molar-refractivity contribution in [2.75, 3.05) is 19.2 Å². The number of nitrogens with one attached hydrogen (secondary N) is 1. The zero-order valence-corrected chi connectivity index (χ0v) is 12.2. The van der Waals surface area contributed by atoms with E-state index in [0.717, 1.165) is 11.3 Å². The van der Waals surface area contributed by atoms with Crippen LogP contribution in [0, 0.1) is 0 Å². The average molecular weight is 264 g/mol. The van der Waals surface area contributed by atoms with E-state index in [1.165, 1.54) is 0 Å². The lowest BCUT2D eigenvalue weighted by molar-refractivity contribution is 0.00578. The summed E-state index contributed by atoms with van der Waals surface area (Å²) in [6.45, 7) is 8.58. The van der Waals surface area contributed by atoms with Crippen LogP contribution in [-0.2, 0) is 14.0 Å². The highest BCUT2D eigenvalue weighted by Gasteiger charge is 2.51. The first kappa shape index (κ1) is 14.3. The quantitative estimate of drug-likeness (QED) is 0.658. The van der Waals surface area contributed by atoms with Crippen LogP contribution in [0.5, 0.6) is 0 Å². The zero-order chi connectivity index (χ0) is 14.1. The van der Waals surface area contributed by atoms with E-state index in [1.54, 1.807) is 13.3 Å². The van der Waals surface area contributed by atoms with E-state index in [0.29, 0.717) is 6.73 Å². The minimum Gasteiger partial charge on any atom is -0.399 e. The summed E-state index contributed by atoms with van der Waals surface area (Å²) in [7, 11) is 1.27. The summed E-state index contributed by atoms with van der Waals surface area (Å²) in [5.74, 6) is 0.745. The molecule has 2 rings (SSSR count). The molecule has 1 N–H and O–H groups in total. The van der Waals surface area contributed by atoms with Gasteiger partial charge in [-0.1, -0.05) is 0 Å². The molecule has 0 aliphatic carbocycles. The first-order valence-corrected chi connectivity index (χ1v) is 6.40. The molecule has 0 unspecified atom stereocenters. The second-order valence-electron chi connectivity index (χ2n) is 5.67. The highest BCUT2D eigenvalue weighted by atomic mass is 16.7. The van der Waals surface area contributed by atoms with Crippen molar-refractivity contribution >= 4 is 18.4 Å². The maximum absolute atomic E-state index is 6.00. The second kappa shape index (κ2) is 5.11. The van der Waals surface area contributed by atoms with E-state index in [-0.39, 0.29) is 18.3 Å². The fraction of sp³-hybridized carbons (Fsp3) is 0.615. The molecule has 0 aromatic carbocycles. The SMILES string of the molecule is COCNc1cc(B2OC(C)(C)C(C)(C)O2)ccn1. The monoisotopic (exact) mass is 264 g/mol. The van der Waals surface area contributed by atoms with Crippen molar-refractivity contribution in [1.82, 2.24) is 4.98 Å². The van der Waals surface area contributed by atoms with Crippen LogP contribution in [0.15, 0.2) is 18.3 Å². The molecule has 5 nitrogen and oxygen atoms in total. The Morgan fingerprint density at radius 2 is 1.89 bits per heavy atom. The summed E-state index contributed by atoms with van der Waals surface area (Å²) in [4.78, 5) is 4.22. The van der Waals surface area contributed by atoms with Gasteiger partial charge in [0.1, 0.15) is 12.5 Å². The Morgan fingerprint density at radius 1 is 1.26 bits per heavy atom. The predicted octanol–water partition coefficient (Wildman–Crippen LogP) is 1.40. The molecular formula is C13H21BN2O3. The fourth-order valence-electron chi connectivity index (χ4n) is 1.82. The van der Waals surface area contributed by atoms with Gasteiger partial charge in [0.15, 0.2) is 0 Å². The van der Waals surface area contributed by atoms with Gasteiger partial charge in [-0.3, -0.25) is 0 Å². The van der Waals surface area contributed by atoms with Crippen LogP contribution in [-0.4, -0.2) is 37.1 Å². The number of hydrogen-bond donors (Lipinski definition) is 1. The number of nitrogens with zero attached hydrogens (tertiary/aromatic N) is 1. The molecule has 0 bridgehead atoms. The van der Waals surface area contributed by atoms with Crippen LogP contribution in [0.3, 0.4) is 0 Å². The van der Waals surface area contributed by atoms with Gasteiger partial charge in [-0.15, -0.1) is 0 Å². The summed E-state index contributed by atoms with van der Waals surface area (Å²) in [6.07, 6.45) is 1.73. The largest absolute Gasteiger partial charge is 0.495 e. The number of anilines is 1. The Morgan fingerprint density at radius 3 is 2.47 bits per heavy atom. The normalized spacial score (nSPS) is 20.6. The lowest BCUT2D eigenvalue weighted by Crippen LogP contribution is -2.41. The van der Waals surface area contributed by atoms with Gasteiger partial charge in [0, 0.05) is 13.3 Å². The standard InChI is InChI=1S/C13H21BN2O3/c1-12(2)13(3,4)19-14(18-12)10-6-7-15-11(8-10)16-9-17-5/h6-8H,9H2,1-5H3,(H,15,16). The first-order chi connectivity index (χ1) is 8.86. The summed E-state index contributed by atoms with van der Waals surface area (Å²) in [5.41, 5.74) is 0.287. The fourth-order valence-corrected chi connectivity index (χ4v) is 1.82. The number of aromatic nitrogens is 1. The molecule has 1 aliphatic rings. The molecule has 19 heavy (non-hydrogen) atoms. The van der Waals surface area contributed by atoms with Gasteiger partial charge in [-0.2, -0.15) is 0 Å². The van der Waals surface area contributed by atoms with E-state index in [1.807, 2.05) is 39.8 Å². The summed E-state index contributed by atoms with van der Waals surface area (Å²) in [5, 5.41) is 3.06. The van der Waals surface area contributed by atoms with Crippen LogP contribution in [0.25, 0.3) is 0 Å². The van der Waals surface area contributed by atoms with Crippen molar-refractivity contribution in [2.45, 2.75) is 38.9 Å². The van der Waals surface area contributed by atoms with Crippen LogP contribution in [0.4, 0.5) is 5.82 Å². The van der Waals surface area contributed by atoms with E-state index >= 15 is 0 Å². The molecule has 0 spiro atoms. The molecule has 1 aromatic heterocycles. The maximum Gasteiger partial charge on any atom is 0.495 e. The van der Waals surface area contributed by atoms with Crippen molar-refractivity contribution in [1.29, 1.82) is 0 Å². The van der Waals surface area contributed by atoms with Gasteiger partial charge in [-0.25, -0.2) is 4.98 Å². The lowest BCUT2D eigenvalue weighted by Gasteiger charge is -2.32. The highest BCUT2D eigenvalue weighted by Crippen LogP contribution is 2.36. The third kappa shape index (κ3) is 2.91. The molecule has 104 valence electrons. The molecule has 6 heteroatoms. The van der Waals surface area contributed by atoms with Crippen molar-refractivity contribution < 1.29 is 14.0 Å². The van der Waals surface area contributed by atoms with Crippen molar-refractivity contribution in [2.24, 2.45) is 0 Å². The van der Waals surface area contributed by atoms with Gasteiger partial charge in [-0.05, 0) is 45.3 Å². The Kier molecular flexibility index (Phi) is 3.85. The van der Waals surface area contributed by atoms with Crippen molar-refractivity contribution in [3.63, 3.8) is 0 Å². The Balaban J connectivity index is 2.15. The zero-order valence-electron chi connectivity index (χ0n) is 12.2. The van der Waals surface area contributed by atoms with E-state index in [2.05, 4.69) is 10.3 Å². The molecule has 2 heterocycles. The van der Waals surface area contributed by atoms with E-state index in [4.69, 9.17) is 14.0 Å². The van der Waals surface area contributed by atoms with Crippen LogP contribution < -0.4 is 10.8 Å². The van der Waals surface area contributed by atoms with Crippen molar-refractivity contribution in [3.05, 3.63) is 18.3 Å². The van der Waals surface area contributed by atoms with Gasteiger partial charge in [0.2, 0.25) is 0 Å². The molecular weight excluding hydrogens is 243 g/mol. The molecule has 0 radical (unpaired) electrons. The topological polar surface area (TPSA) is 52.6 Å². The number of ether oxygens (including phenoxy) is 1. The molecule has 1 aliphatic heterocycles. The van der Waals surface area contributed by atoms with Gasteiger partial charge in [0.25, 0.3) is 0 Å². The molecule has 1 aromatic rings. The van der Waals surface area contributed by atoms with Crippen molar-refractivity contribution in [3.8, 4) is 0 Å². The first-order valence-electron chi connectivity index (χ1n) is 6.40. The minimum absolute atomic E-state index is 0.332. The molecule has 1 fully saturated rings. The third-order valence-electron chi connectivity index (χ3n) is 3.71. The minimum atomic E-state index is -0.365.